The van der Waals surface area contributed by atoms with Crippen molar-refractivity contribution in [3.05, 3.63) is 5.75 Å². The van der Waals surface area contributed by atoms with Crippen LogP contribution in [0.25, 0.3) is 0 Å². The largest absolute Gasteiger partial charge is 0.270 e. The van der Waals surface area contributed by atoms with E-state index in [-0.39, 0.29) is 4.95 Å². The SMILES string of the molecule is BrC1[C]SC=N1. The van der Waals surface area contributed by atoms with Crippen LogP contribution in [0, 0.1) is 5.75 Å². The molecule has 0 bridgehead atoms. The molecule has 1 nitrogen and oxygen atoms in total. The van der Waals surface area contributed by atoms with Crippen LogP contribution >= 0.6 is 27.7 Å². The third-order valence-electron chi connectivity index (χ3n) is 0.410. The molecule has 1 unspecified atom stereocenters. The van der Waals surface area contributed by atoms with Gasteiger partial charge in [-0.15, -0.1) is 11.8 Å². The lowest BCUT2D eigenvalue weighted by atomic mass is 10.8. The molecule has 1 aliphatic heterocycles. The molecule has 3 heteroatoms. The van der Waals surface area contributed by atoms with Crippen LogP contribution in [0.3, 0.4) is 0 Å². The molecular weight excluding hydrogens is 162 g/mol. The molecular formula is C3H2BrNS. The van der Waals surface area contributed by atoms with Crippen molar-refractivity contribution in [3.8, 4) is 0 Å². The van der Waals surface area contributed by atoms with Crippen LogP contribution in [0.2, 0.25) is 0 Å². The van der Waals surface area contributed by atoms with Crippen LogP contribution in [0.1, 0.15) is 0 Å². The van der Waals surface area contributed by atoms with Crippen molar-refractivity contribution in [2.45, 2.75) is 4.95 Å². The van der Waals surface area contributed by atoms with Gasteiger partial charge in [0.2, 0.25) is 0 Å². The minimum Gasteiger partial charge on any atom is -0.270 e. The zero-order valence-corrected chi connectivity index (χ0v) is 5.29. The molecule has 1 rings (SSSR count). The monoisotopic (exact) mass is 163 g/mol. The summed E-state index contributed by atoms with van der Waals surface area (Å²) in [6, 6.07) is 0. The smallest absolute Gasteiger partial charge is 0.123 e. The fourth-order valence-electron chi connectivity index (χ4n) is 0.201. The Kier molecular flexibility index (Phi) is 1.54. The van der Waals surface area contributed by atoms with E-state index in [9.17, 15) is 0 Å². The van der Waals surface area contributed by atoms with Crippen LogP contribution in [0.5, 0.6) is 0 Å². The Balaban J connectivity index is 2.38. The Hall–Kier alpha value is 0.500. The second kappa shape index (κ2) is 1.98. The molecule has 0 fully saturated rings. The first-order chi connectivity index (χ1) is 2.89. The van der Waals surface area contributed by atoms with Crippen LogP contribution in [-0.4, -0.2) is 10.5 Å². The van der Waals surface area contributed by atoms with Gasteiger partial charge in [0.05, 0.1) is 11.3 Å². The van der Waals surface area contributed by atoms with Gasteiger partial charge < -0.3 is 0 Å². The van der Waals surface area contributed by atoms with Gasteiger partial charge in [-0.1, -0.05) is 15.9 Å². The molecule has 32 valence electrons. The van der Waals surface area contributed by atoms with Crippen molar-refractivity contribution in [1.29, 1.82) is 0 Å². The highest BCUT2D eigenvalue weighted by Crippen LogP contribution is 2.20. The summed E-state index contributed by atoms with van der Waals surface area (Å²) in [5.41, 5.74) is 1.76. The Labute approximate surface area is 49.3 Å². The standard InChI is InChI=1S/C3H2BrNS/c4-3-1-6-2-5-3/h2-3H. The molecule has 0 saturated carbocycles. The average molecular weight is 164 g/mol. The number of halogens is 1. The highest BCUT2D eigenvalue weighted by atomic mass is 79.9. The maximum atomic E-state index is 3.88. The first-order valence-electron chi connectivity index (χ1n) is 1.46. The maximum Gasteiger partial charge on any atom is 0.123 e. The van der Waals surface area contributed by atoms with E-state index in [1.54, 1.807) is 5.55 Å². The van der Waals surface area contributed by atoms with E-state index < -0.39 is 0 Å². The first kappa shape index (κ1) is 4.65. The van der Waals surface area contributed by atoms with Crippen LogP contribution in [-0.2, 0) is 0 Å². The van der Waals surface area contributed by atoms with Gasteiger partial charge >= 0.3 is 0 Å². The number of hydrogen-bond donors (Lipinski definition) is 0. The summed E-state index contributed by atoms with van der Waals surface area (Å²) < 4.78 is 0. The van der Waals surface area contributed by atoms with E-state index in [4.69, 9.17) is 0 Å². The molecule has 1 atom stereocenters. The zero-order valence-electron chi connectivity index (χ0n) is 2.89. The number of aliphatic imine (C=N–C) groups is 1. The second-order valence-corrected chi connectivity index (χ2v) is 2.38. The van der Waals surface area contributed by atoms with E-state index in [1.807, 2.05) is 0 Å². The van der Waals surface area contributed by atoms with Crippen molar-refractivity contribution in [2.24, 2.45) is 4.99 Å². The Morgan fingerprint density at radius 2 is 2.83 bits per heavy atom. The van der Waals surface area contributed by atoms with Gasteiger partial charge in [0.1, 0.15) is 4.95 Å². The summed E-state index contributed by atoms with van der Waals surface area (Å²) in [4.78, 5) is 4.02. The van der Waals surface area contributed by atoms with Crippen molar-refractivity contribution in [2.75, 3.05) is 0 Å². The molecule has 1 aliphatic rings. The molecule has 2 radical (unpaired) electrons. The van der Waals surface area contributed by atoms with Crippen molar-refractivity contribution in [3.63, 3.8) is 0 Å². The van der Waals surface area contributed by atoms with E-state index in [1.165, 1.54) is 11.8 Å². The summed E-state index contributed by atoms with van der Waals surface area (Å²) in [5, 5.41) is 0. The van der Waals surface area contributed by atoms with Gasteiger partial charge in [0, 0.05) is 0 Å². The second-order valence-electron chi connectivity index (χ2n) is 0.826. The molecule has 0 aromatic heterocycles. The Bertz CT molecular complexity index is 73.2. The van der Waals surface area contributed by atoms with Crippen LogP contribution in [0.15, 0.2) is 4.99 Å². The first-order valence-corrected chi connectivity index (χ1v) is 3.26. The molecule has 0 amide bonds. The van der Waals surface area contributed by atoms with Gasteiger partial charge in [0.25, 0.3) is 0 Å². The molecule has 0 spiro atoms. The fourth-order valence-corrected chi connectivity index (χ4v) is 1.22. The lowest BCUT2D eigenvalue weighted by molar-refractivity contribution is 1.19. The highest BCUT2D eigenvalue weighted by molar-refractivity contribution is 9.09. The lowest BCUT2D eigenvalue weighted by Crippen LogP contribution is -1.79. The van der Waals surface area contributed by atoms with Crippen molar-refractivity contribution >= 4 is 33.2 Å². The van der Waals surface area contributed by atoms with Crippen molar-refractivity contribution in [1.82, 2.24) is 0 Å². The molecule has 0 aromatic rings. The fraction of sp³-hybridized carbons (Fsp3) is 0.333. The van der Waals surface area contributed by atoms with Gasteiger partial charge in [-0.05, 0) is 0 Å². The zero-order chi connectivity index (χ0) is 4.41. The third kappa shape index (κ3) is 0.980. The molecule has 0 aromatic carbocycles. The number of rotatable bonds is 0. The molecule has 1 heterocycles. The van der Waals surface area contributed by atoms with Crippen LogP contribution < -0.4 is 0 Å². The minimum atomic E-state index is 0.141. The van der Waals surface area contributed by atoms with Gasteiger partial charge in [-0.3, -0.25) is 4.99 Å². The number of alkyl halides is 1. The lowest BCUT2D eigenvalue weighted by Gasteiger charge is -1.83. The molecule has 0 N–H and O–H groups in total. The van der Waals surface area contributed by atoms with E-state index >= 15 is 0 Å². The maximum absolute atomic E-state index is 3.88. The number of thioether (sulfide) groups is 1. The van der Waals surface area contributed by atoms with E-state index in [2.05, 4.69) is 26.7 Å². The van der Waals surface area contributed by atoms with E-state index in [0.29, 0.717) is 0 Å². The summed E-state index contributed by atoms with van der Waals surface area (Å²) in [7, 11) is 0. The van der Waals surface area contributed by atoms with Gasteiger partial charge in [-0.2, -0.15) is 0 Å². The summed E-state index contributed by atoms with van der Waals surface area (Å²) >= 11 is 4.70. The average Bonchev–Trinajstić information content (AvgIpc) is 1.86. The Morgan fingerprint density at radius 3 is 3.00 bits per heavy atom. The Morgan fingerprint density at radius 1 is 2.00 bits per heavy atom. The summed E-state index contributed by atoms with van der Waals surface area (Å²) in [6.07, 6.45) is 0. The topological polar surface area (TPSA) is 12.4 Å². The van der Waals surface area contributed by atoms with Crippen molar-refractivity contribution < 1.29 is 0 Å². The number of nitrogens with zero attached hydrogens (tertiary/aromatic N) is 1. The molecule has 0 aliphatic carbocycles. The predicted molar refractivity (Wildman–Crippen MR) is 32.0 cm³/mol. The third-order valence-corrected chi connectivity index (χ3v) is 1.76. The summed E-state index contributed by atoms with van der Waals surface area (Å²) in [6.45, 7) is 0. The van der Waals surface area contributed by atoms with Gasteiger partial charge in [-0.25, -0.2) is 0 Å². The normalized spacial score (nSPS) is 31.8. The highest BCUT2D eigenvalue weighted by Gasteiger charge is 2.04. The van der Waals surface area contributed by atoms with E-state index in [0.717, 1.165) is 0 Å². The quantitative estimate of drug-likeness (QED) is 0.390. The molecule has 0 saturated heterocycles. The number of hydrogen-bond acceptors (Lipinski definition) is 2. The predicted octanol–water partition coefficient (Wildman–Crippen LogP) is 1.52. The van der Waals surface area contributed by atoms with Gasteiger partial charge in [0.15, 0.2) is 0 Å². The van der Waals surface area contributed by atoms with Crippen LogP contribution in [0.4, 0.5) is 0 Å². The minimum absolute atomic E-state index is 0.141. The molecule has 6 heavy (non-hydrogen) atoms. The summed E-state index contributed by atoms with van der Waals surface area (Å²) in [5.74, 6) is 2.93.